The van der Waals surface area contributed by atoms with Gasteiger partial charge >= 0.3 is 7.12 Å². The maximum Gasteiger partial charge on any atom is 0.490 e. The molecule has 0 aliphatic heterocycles. The number of rotatable bonds is 1. The first-order chi connectivity index (χ1) is 6.61. The van der Waals surface area contributed by atoms with Crippen LogP contribution in [0.25, 0.3) is 10.1 Å². The van der Waals surface area contributed by atoms with E-state index in [1.54, 1.807) is 6.07 Å². The maximum absolute atomic E-state index is 9.07. The van der Waals surface area contributed by atoms with Crippen LogP contribution in [0.3, 0.4) is 0 Å². The van der Waals surface area contributed by atoms with Crippen LogP contribution in [0.5, 0.6) is 0 Å². The van der Waals surface area contributed by atoms with Gasteiger partial charge in [0.05, 0.1) is 0 Å². The van der Waals surface area contributed by atoms with Gasteiger partial charge < -0.3 is 15.8 Å². The molecule has 0 saturated heterocycles. The Balaban J connectivity index is 2.82. The lowest BCUT2D eigenvalue weighted by molar-refractivity contribution is 0.426. The number of hydrogen-bond donors (Lipinski definition) is 4. The van der Waals surface area contributed by atoms with Crippen molar-refractivity contribution in [3.8, 4) is 0 Å². The number of thiophene rings is 1. The van der Waals surface area contributed by atoms with Crippen molar-refractivity contribution in [2.75, 3.05) is 5.73 Å². The molecule has 0 spiro atoms. The van der Waals surface area contributed by atoms with Gasteiger partial charge in [-0.1, -0.05) is 0 Å². The molecule has 1 aromatic carbocycles. The highest BCUT2D eigenvalue weighted by molar-refractivity contribution is 7.80. The molecule has 0 fully saturated rings. The molecule has 0 radical (unpaired) electrons. The molecule has 2 rings (SSSR count). The largest absolute Gasteiger partial charge is 0.490 e. The molecule has 0 aliphatic rings. The number of hydrogen-bond acceptors (Lipinski definition) is 5. The highest BCUT2D eigenvalue weighted by atomic mass is 32.1. The van der Waals surface area contributed by atoms with E-state index in [2.05, 4.69) is 12.6 Å². The first-order valence-electron chi connectivity index (χ1n) is 3.96. The van der Waals surface area contributed by atoms with Gasteiger partial charge in [-0.15, -0.1) is 24.0 Å². The van der Waals surface area contributed by atoms with Crippen molar-refractivity contribution in [1.82, 2.24) is 0 Å². The molecule has 0 saturated carbocycles. The van der Waals surface area contributed by atoms with E-state index in [4.69, 9.17) is 15.8 Å². The van der Waals surface area contributed by atoms with E-state index in [1.165, 1.54) is 11.3 Å². The summed E-state index contributed by atoms with van der Waals surface area (Å²) in [7, 11) is -1.55. The zero-order valence-electron chi connectivity index (χ0n) is 7.14. The fourth-order valence-electron chi connectivity index (χ4n) is 1.38. The van der Waals surface area contributed by atoms with Crippen molar-refractivity contribution >= 4 is 52.3 Å². The highest BCUT2D eigenvalue weighted by Crippen LogP contribution is 2.30. The molecule has 2 aromatic rings. The first-order valence-corrected chi connectivity index (χ1v) is 5.28. The molecule has 1 heterocycles. The van der Waals surface area contributed by atoms with Crippen LogP contribution < -0.4 is 11.2 Å². The minimum Gasteiger partial charge on any atom is -0.423 e. The number of thiol groups is 1. The Morgan fingerprint density at radius 1 is 1.43 bits per heavy atom. The van der Waals surface area contributed by atoms with E-state index in [9.17, 15) is 0 Å². The van der Waals surface area contributed by atoms with E-state index < -0.39 is 7.12 Å². The summed E-state index contributed by atoms with van der Waals surface area (Å²) in [5.74, 6) is 0. The molecule has 72 valence electrons. The minimum absolute atomic E-state index is 0.306. The Labute approximate surface area is 90.7 Å². The fourth-order valence-corrected chi connectivity index (χ4v) is 2.62. The lowest BCUT2D eigenvalue weighted by atomic mass is 9.78. The Morgan fingerprint density at radius 2 is 2.14 bits per heavy atom. The second-order valence-corrected chi connectivity index (χ2v) is 4.33. The van der Waals surface area contributed by atoms with Crippen molar-refractivity contribution in [3.63, 3.8) is 0 Å². The van der Waals surface area contributed by atoms with Crippen molar-refractivity contribution < 1.29 is 10.0 Å². The molecule has 0 amide bonds. The molecule has 6 heteroatoms. The van der Waals surface area contributed by atoms with Crippen LogP contribution in [0, 0.1) is 0 Å². The molecule has 0 atom stereocenters. The maximum atomic E-state index is 9.07. The summed E-state index contributed by atoms with van der Waals surface area (Å²) in [4.78, 5) is 0.715. The van der Waals surface area contributed by atoms with Crippen LogP contribution in [0.4, 0.5) is 5.69 Å². The normalized spacial score (nSPS) is 10.8. The van der Waals surface area contributed by atoms with Crippen molar-refractivity contribution in [2.24, 2.45) is 0 Å². The quantitative estimate of drug-likeness (QED) is 0.323. The van der Waals surface area contributed by atoms with Crippen molar-refractivity contribution in [1.29, 1.82) is 0 Å². The Hall–Kier alpha value is -0.685. The average Bonchev–Trinajstić information content (AvgIpc) is 2.59. The van der Waals surface area contributed by atoms with Gasteiger partial charge in [-0.05, 0) is 17.5 Å². The van der Waals surface area contributed by atoms with Crippen LogP contribution in [-0.4, -0.2) is 17.2 Å². The van der Waals surface area contributed by atoms with Crippen molar-refractivity contribution in [3.05, 3.63) is 17.5 Å². The first kappa shape index (κ1) is 9.85. The summed E-state index contributed by atoms with van der Waals surface area (Å²) >= 11 is 5.79. The van der Waals surface area contributed by atoms with Crippen LogP contribution in [-0.2, 0) is 0 Å². The lowest BCUT2D eigenvalue weighted by Gasteiger charge is -2.07. The molecule has 1 aromatic heterocycles. The van der Waals surface area contributed by atoms with E-state index in [-0.39, 0.29) is 0 Å². The van der Waals surface area contributed by atoms with Gasteiger partial charge in [-0.25, -0.2) is 0 Å². The fraction of sp³-hybridized carbons (Fsp3) is 0. The number of nitrogens with two attached hydrogens (primary N) is 1. The Kier molecular flexibility index (Phi) is 2.44. The average molecular weight is 225 g/mol. The topological polar surface area (TPSA) is 66.5 Å². The van der Waals surface area contributed by atoms with E-state index in [0.29, 0.717) is 16.0 Å². The van der Waals surface area contributed by atoms with Gasteiger partial charge in [0.1, 0.15) is 0 Å². The van der Waals surface area contributed by atoms with Gasteiger partial charge in [0.15, 0.2) is 0 Å². The van der Waals surface area contributed by atoms with E-state index >= 15 is 0 Å². The lowest BCUT2D eigenvalue weighted by Crippen LogP contribution is -2.32. The van der Waals surface area contributed by atoms with Gasteiger partial charge in [0.25, 0.3) is 0 Å². The summed E-state index contributed by atoms with van der Waals surface area (Å²) in [6, 6.07) is 3.43. The zero-order chi connectivity index (χ0) is 10.3. The molecule has 0 bridgehead atoms. The zero-order valence-corrected chi connectivity index (χ0v) is 8.85. The highest BCUT2D eigenvalue weighted by Gasteiger charge is 2.18. The number of fused-ring (bicyclic) bond motifs is 1. The third kappa shape index (κ3) is 1.40. The third-order valence-electron chi connectivity index (χ3n) is 2.07. The van der Waals surface area contributed by atoms with E-state index in [0.717, 1.165) is 10.1 Å². The summed E-state index contributed by atoms with van der Waals surface area (Å²) in [5, 5.41) is 20.9. The molecule has 3 nitrogen and oxygen atoms in total. The Bertz CT molecular complexity index is 483. The molecule has 0 unspecified atom stereocenters. The predicted octanol–water partition coefficient (Wildman–Crippen LogP) is 0.452. The summed E-state index contributed by atoms with van der Waals surface area (Å²) in [5.41, 5.74) is 6.50. The van der Waals surface area contributed by atoms with Gasteiger partial charge in [0, 0.05) is 26.1 Å². The Morgan fingerprint density at radius 3 is 2.79 bits per heavy atom. The second kappa shape index (κ2) is 3.47. The summed E-state index contributed by atoms with van der Waals surface area (Å²) in [6.45, 7) is 0. The SMILES string of the molecule is Nc1c(B(O)O)cc(S)c2sccc12. The van der Waals surface area contributed by atoms with Crippen LogP contribution in [0.15, 0.2) is 22.4 Å². The number of anilines is 1. The third-order valence-corrected chi connectivity index (χ3v) is 3.52. The van der Waals surface area contributed by atoms with Gasteiger partial charge in [-0.2, -0.15) is 0 Å². The monoisotopic (exact) mass is 225 g/mol. The van der Waals surface area contributed by atoms with Gasteiger partial charge in [0.2, 0.25) is 0 Å². The van der Waals surface area contributed by atoms with Crippen LogP contribution >= 0.6 is 24.0 Å². The van der Waals surface area contributed by atoms with Gasteiger partial charge in [-0.3, -0.25) is 0 Å². The molecular formula is C8H8BNO2S2. The molecule has 0 aliphatic carbocycles. The smallest absolute Gasteiger partial charge is 0.423 e. The predicted molar refractivity (Wildman–Crippen MR) is 63.3 cm³/mol. The number of nitrogen functional groups attached to an aromatic ring is 1. The summed E-state index contributed by atoms with van der Waals surface area (Å²) in [6.07, 6.45) is 0. The van der Waals surface area contributed by atoms with Crippen molar-refractivity contribution in [2.45, 2.75) is 4.90 Å². The van der Waals surface area contributed by atoms with E-state index in [1.807, 2.05) is 11.4 Å². The second-order valence-electron chi connectivity index (χ2n) is 2.94. The van der Waals surface area contributed by atoms with Crippen LogP contribution in [0.2, 0.25) is 0 Å². The summed E-state index contributed by atoms with van der Waals surface area (Å²) < 4.78 is 0.968. The number of benzene rings is 1. The molecule has 14 heavy (non-hydrogen) atoms. The van der Waals surface area contributed by atoms with Crippen LogP contribution in [0.1, 0.15) is 0 Å². The standard InChI is InChI=1S/C8H8BNO2S2/c10-7-4-1-2-14-8(4)6(13)3-5(7)9(11)12/h1-3,11-13H,10H2. The molecular weight excluding hydrogens is 217 g/mol. The molecule has 4 N–H and O–H groups in total. The minimum atomic E-state index is -1.55.